The predicted molar refractivity (Wildman–Crippen MR) is 96.9 cm³/mol. The molecule has 0 radical (unpaired) electrons. The van der Waals surface area contributed by atoms with Crippen molar-refractivity contribution in [2.45, 2.75) is 6.42 Å². The standard InChI is InChI=1S/C19H19FN4O/c1-25-15-6-4-5-14(11-15)9-10-21-18-12-19(23-13-22-18)24-17-8-3-2-7-16(17)20/h2-8,11-13H,9-10H2,1H3,(H2,21,22,23,24). The van der Waals surface area contributed by atoms with Crippen LogP contribution in [-0.2, 0) is 6.42 Å². The van der Waals surface area contributed by atoms with Crippen molar-refractivity contribution in [3.8, 4) is 5.75 Å². The third kappa shape index (κ3) is 4.67. The maximum absolute atomic E-state index is 13.7. The van der Waals surface area contributed by atoms with Crippen molar-refractivity contribution < 1.29 is 9.13 Å². The third-order valence-electron chi connectivity index (χ3n) is 3.66. The average Bonchev–Trinajstić information content (AvgIpc) is 2.64. The molecule has 0 bridgehead atoms. The number of methoxy groups -OCH3 is 1. The van der Waals surface area contributed by atoms with Crippen LogP contribution in [0.4, 0.5) is 21.7 Å². The van der Waals surface area contributed by atoms with Gasteiger partial charge in [-0.3, -0.25) is 0 Å². The highest BCUT2D eigenvalue weighted by molar-refractivity contribution is 5.59. The molecule has 2 aromatic carbocycles. The number of benzene rings is 2. The Bertz CT molecular complexity index is 841. The van der Waals surface area contributed by atoms with Gasteiger partial charge in [-0.2, -0.15) is 0 Å². The van der Waals surface area contributed by atoms with E-state index < -0.39 is 0 Å². The number of ether oxygens (including phenoxy) is 1. The van der Waals surface area contributed by atoms with Crippen molar-refractivity contribution in [2.75, 3.05) is 24.3 Å². The van der Waals surface area contributed by atoms with Gasteiger partial charge in [0.25, 0.3) is 0 Å². The fourth-order valence-corrected chi connectivity index (χ4v) is 2.39. The molecule has 0 aliphatic carbocycles. The number of rotatable bonds is 7. The Labute approximate surface area is 145 Å². The van der Waals surface area contributed by atoms with Gasteiger partial charge in [-0.25, -0.2) is 14.4 Å². The second kappa shape index (κ2) is 8.10. The van der Waals surface area contributed by atoms with Gasteiger partial charge in [0.15, 0.2) is 0 Å². The van der Waals surface area contributed by atoms with Gasteiger partial charge in [-0.15, -0.1) is 0 Å². The zero-order valence-electron chi connectivity index (χ0n) is 13.9. The molecule has 0 saturated heterocycles. The molecule has 0 saturated carbocycles. The summed E-state index contributed by atoms with van der Waals surface area (Å²) in [5.41, 5.74) is 1.55. The summed E-state index contributed by atoms with van der Waals surface area (Å²) in [6.45, 7) is 0.712. The van der Waals surface area contributed by atoms with E-state index in [9.17, 15) is 4.39 Å². The minimum absolute atomic E-state index is 0.325. The zero-order valence-corrected chi connectivity index (χ0v) is 13.9. The Hall–Kier alpha value is -3.15. The number of nitrogens with one attached hydrogen (secondary N) is 2. The molecule has 128 valence electrons. The van der Waals surface area contributed by atoms with Crippen LogP contribution in [0.25, 0.3) is 0 Å². The van der Waals surface area contributed by atoms with Gasteiger partial charge >= 0.3 is 0 Å². The highest BCUT2D eigenvalue weighted by Gasteiger charge is 2.03. The van der Waals surface area contributed by atoms with E-state index in [-0.39, 0.29) is 5.82 Å². The highest BCUT2D eigenvalue weighted by atomic mass is 19.1. The lowest BCUT2D eigenvalue weighted by atomic mass is 10.1. The third-order valence-corrected chi connectivity index (χ3v) is 3.66. The number of halogens is 1. The smallest absolute Gasteiger partial charge is 0.146 e. The lowest BCUT2D eigenvalue weighted by Gasteiger charge is -2.09. The minimum atomic E-state index is -0.325. The van der Waals surface area contributed by atoms with Crippen LogP contribution in [0, 0.1) is 5.82 Å². The molecule has 0 fully saturated rings. The van der Waals surface area contributed by atoms with Crippen molar-refractivity contribution in [1.82, 2.24) is 9.97 Å². The Kier molecular flexibility index (Phi) is 5.41. The minimum Gasteiger partial charge on any atom is -0.497 e. The Morgan fingerprint density at radius 3 is 2.68 bits per heavy atom. The van der Waals surface area contributed by atoms with Crippen molar-refractivity contribution in [3.63, 3.8) is 0 Å². The molecule has 0 amide bonds. The molecule has 0 aliphatic rings. The maximum Gasteiger partial charge on any atom is 0.146 e. The SMILES string of the molecule is COc1cccc(CCNc2cc(Nc3ccccc3F)ncn2)c1. The molecule has 25 heavy (non-hydrogen) atoms. The molecule has 0 atom stereocenters. The predicted octanol–water partition coefficient (Wildman–Crippen LogP) is 4.02. The number of para-hydroxylation sites is 1. The van der Waals surface area contributed by atoms with E-state index in [0.29, 0.717) is 23.9 Å². The molecule has 3 rings (SSSR count). The summed E-state index contributed by atoms with van der Waals surface area (Å²) in [5.74, 6) is 1.73. The maximum atomic E-state index is 13.7. The topological polar surface area (TPSA) is 59.1 Å². The summed E-state index contributed by atoms with van der Waals surface area (Å²) < 4.78 is 18.9. The molecular formula is C19H19FN4O. The van der Waals surface area contributed by atoms with Gasteiger partial charge in [0.05, 0.1) is 12.8 Å². The quantitative estimate of drug-likeness (QED) is 0.681. The van der Waals surface area contributed by atoms with E-state index in [0.717, 1.165) is 12.2 Å². The van der Waals surface area contributed by atoms with Crippen molar-refractivity contribution in [2.24, 2.45) is 0 Å². The summed E-state index contributed by atoms with van der Waals surface area (Å²) in [7, 11) is 1.66. The lowest BCUT2D eigenvalue weighted by Crippen LogP contribution is -2.07. The molecule has 0 aliphatic heterocycles. The first kappa shape index (κ1) is 16.7. The van der Waals surface area contributed by atoms with Crippen LogP contribution in [0.3, 0.4) is 0 Å². The number of hydrogen-bond donors (Lipinski definition) is 2. The molecule has 0 spiro atoms. The number of nitrogens with zero attached hydrogens (tertiary/aromatic N) is 2. The first-order valence-corrected chi connectivity index (χ1v) is 7.95. The zero-order chi connectivity index (χ0) is 17.5. The van der Waals surface area contributed by atoms with Crippen LogP contribution in [0.5, 0.6) is 5.75 Å². The van der Waals surface area contributed by atoms with Gasteiger partial charge in [0.1, 0.15) is 29.5 Å². The van der Waals surface area contributed by atoms with Gasteiger partial charge in [0, 0.05) is 12.6 Å². The molecular weight excluding hydrogens is 319 g/mol. The van der Waals surface area contributed by atoms with E-state index >= 15 is 0 Å². The van der Waals surface area contributed by atoms with Gasteiger partial charge in [-0.05, 0) is 36.2 Å². The van der Waals surface area contributed by atoms with E-state index in [1.54, 1.807) is 31.4 Å². The lowest BCUT2D eigenvalue weighted by molar-refractivity contribution is 0.414. The summed E-state index contributed by atoms with van der Waals surface area (Å²) >= 11 is 0. The first-order chi connectivity index (χ1) is 12.2. The summed E-state index contributed by atoms with van der Waals surface area (Å²) in [5, 5.41) is 6.20. The molecule has 1 aromatic heterocycles. The van der Waals surface area contributed by atoms with E-state index in [1.165, 1.54) is 18.0 Å². The fraction of sp³-hybridized carbons (Fsp3) is 0.158. The Balaban J connectivity index is 1.59. The summed E-state index contributed by atoms with van der Waals surface area (Å²) in [6.07, 6.45) is 2.27. The van der Waals surface area contributed by atoms with Crippen LogP contribution in [0.1, 0.15) is 5.56 Å². The van der Waals surface area contributed by atoms with Gasteiger partial charge in [-0.1, -0.05) is 24.3 Å². The van der Waals surface area contributed by atoms with Crippen molar-refractivity contribution in [1.29, 1.82) is 0 Å². The fourth-order valence-electron chi connectivity index (χ4n) is 2.39. The second-order valence-electron chi connectivity index (χ2n) is 5.42. The average molecular weight is 338 g/mol. The normalized spacial score (nSPS) is 10.3. The molecule has 2 N–H and O–H groups in total. The van der Waals surface area contributed by atoms with E-state index in [4.69, 9.17) is 4.74 Å². The monoisotopic (exact) mass is 338 g/mol. The largest absolute Gasteiger partial charge is 0.497 e. The van der Waals surface area contributed by atoms with Crippen LogP contribution in [-0.4, -0.2) is 23.6 Å². The van der Waals surface area contributed by atoms with Crippen LogP contribution in [0.2, 0.25) is 0 Å². The highest BCUT2D eigenvalue weighted by Crippen LogP contribution is 2.19. The number of hydrogen-bond acceptors (Lipinski definition) is 5. The van der Waals surface area contributed by atoms with Crippen molar-refractivity contribution >= 4 is 17.3 Å². The summed E-state index contributed by atoms with van der Waals surface area (Å²) in [4.78, 5) is 8.31. The molecule has 5 nitrogen and oxygen atoms in total. The first-order valence-electron chi connectivity index (χ1n) is 7.95. The van der Waals surface area contributed by atoms with Gasteiger partial charge in [0.2, 0.25) is 0 Å². The van der Waals surface area contributed by atoms with Crippen molar-refractivity contribution in [3.05, 3.63) is 72.3 Å². The van der Waals surface area contributed by atoms with Gasteiger partial charge < -0.3 is 15.4 Å². The number of anilines is 3. The van der Waals surface area contributed by atoms with E-state index in [2.05, 4.69) is 26.7 Å². The molecule has 1 heterocycles. The Morgan fingerprint density at radius 1 is 1.00 bits per heavy atom. The summed E-state index contributed by atoms with van der Waals surface area (Å²) in [6, 6.07) is 16.2. The van der Waals surface area contributed by atoms with Crippen LogP contribution >= 0.6 is 0 Å². The molecule has 0 unspecified atom stereocenters. The molecule has 3 aromatic rings. The van der Waals surface area contributed by atoms with E-state index in [1.807, 2.05) is 18.2 Å². The second-order valence-corrected chi connectivity index (χ2v) is 5.42. The Morgan fingerprint density at radius 2 is 1.84 bits per heavy atom. The van der Waals surface area contributed by atoms with Crippen LogP contribution in [0.15, 0.2) is 60.9 Å². The molecule has 6 heteroatoms. The van der Waals surface area contributed by atoms with Crippen LogP contribution < -0.4 is 15.4 Å². The number of aromatic nitrogens is 2.